The topological polar surface area (TPSA) is 60.0 Å². The lowest BCUT2D eigenvalue weighted by Crippen LogP contribution is -2.42. The Balaban J connectivity index is 2.18. The summed E-state index contributed by atoms with van der Waals surface area (Å²) in [5.74, 6) is 0.0489. The van der Waals surface area contributed by atoms with Crippen molar-refractivity contribution in [3.05, 3.63) is 23.5 Å². The second kappa shape index (κ2) is 4.92. The number of carbonyl (C=O) groups excluding carboxylic acids is 1. The van der Waals surface area contributed by atoms with Gasteiger partial charge in [0.25, 0.3) is 0 Å². The highest BCUT2D eigenvalue weighted by molar-refractivity contribution is 5.76. The molecule has 0 spiro atoms. The number of carbonyl (C=O) groups is 1. The minimum atomic E-state index is -0.194. The number of aromatic nitrogens is 1. The molecule has 0 saturated heterocycles. The Hall–Kier alpha value is -1.29. The predicted octanol–water partition coefficient (Wildman–Crippen LogP) is 2.38. The third-order valence-electron chi connectivity index (χ3n) is 3.76. The highest BCUT2D eigenvalue weighted by Crippen LogP contribution is 2.39. The molecule has 2 rings (SSSR count). The van der Waals surface area contributed by atoms with E-state index in [1.165, 1.54) is 11.3 Å². The van der Waals surface area contributed by atoms with Crippen molar-refractivity contribution >= 4 is 5.91 Å². The average molecular weight is 277 g/mol. The molecule has 0 aliphatic heterocycles. The van der Waals surface area contributed by atoms with Gasteiger partial charge in [-0.05, 0) is 50.7 Å². The predicted molar refractivity (Wildman–Crippen MR) is 81.4 cm³/mol. The molecule has 3 N–H and O–H groups in total. The van der Waals surface area contributed by atoms with E-state index in [2.05, 4.69) is 29.8 Å². The Morgan fingerprint density at radius 3 is 2.75 bits per heavy atom. The maximum atomic E-state index is 12.1. The van der Waals surface area contributed by atoms with Crippen molar-refractivity contribution in [2.24, 2.45) is 11.1 Å². The molecule has 1 unspecified atom stereocenters. The largest absolute Gasteiger partial charge is 0.350 e. The van der Waals surface area contributed by atoms with E-state index in [1.54, 1.807) is 0 Å². The van der Waals surface area contributed by atoms with Crippen LogP contribution >= 0.6 is 0 Å². The highest BCUT2D eigenvalue weighted by Gasteiger charge is 2.32. The minimum Gasteiger partial charge on any atom is -0.350 e. The summed E-state index contributed by atoms with van der Waals surface area (Å²) in [6.07, 6.45) is 3.97. The Kier molecular flexibility index (Phi) is 3.71. The van der Waals surface area contributed by atoms with Gasteiger partial charge in [0.1, 0.15) is 6.54 Å². The fourth-order valence-corrected chi connectivity index (χ4v) is 3.05. The minimum absolute atomic E-state index is 0.0489. The summed E-state index contributed by atoms with van der Waals surface area (Å²) >= 11 is 0. The lowest BCUT2D eigenvalue weighted by Gasteiger charge is -2.34. The van der Waals surface area contributed by atoms with Crippen LogP contribution < -0.4 is 11.1 Å². The first-order valence-electron chi connectivity index (χ1n) is 7.32. The summed E-state index contributed by atoms with van der Waals surface area (Å²) in [7, 11) is 0. The second-order valence-electron chi connectivity index (χ2n) is 7.80. The molecule has 4 heteroatoms. The molecule has 0 radical (unpaired) electrons. The number of fused-ring (bicyclic) bond motifs is 1. The van der Waals surface area contributed by atoms with Gasteiger partial charge < -0.3 is 15.6 Å². The molecule has 1 aliphatic rings. The van der Waals surface area contributed by atoms with Gasteiger partial charge in [0.2, 0.25) is 5.91 Å². The number of rotatable bonds is 2. The maximum Gasteiger partial charge on any atom is 0.240 e. The smallest absolute Gasteiger partial charge is 0.240 e. The molecule has 1 aromatic rings. The lowest BCUT2D eigenvalue weighted by molar-refractivity contribution is -0.123. The van der Waals surface area contributed by atoms with E-state index in [9.17, 15) is 4.79 Å². The van der Waals surface area contributed by atoms with Crippen LogP contribution in [0.15, 0.2) is 12.3 Å². The Labute approximate surface area is 121 Å². The number of nitrogens with zero attached hydrogens (tertiary/aromatic N) is 1. The van der Waals surface area contributed by atoms with Crippen molar-refractivity contribution in [3.63, 3.8) is 0 Å². The van der Waals surface area contributed by atoms with Crippen LogP contribution in [-0.2, 0) is 17.8 Å². The van der Waals surface area contributed by atoms with Gasteiger partial charge in [-0.25, -0.2) is 0 Å². The van der Waals surface area contributed by atoms with Crippen molar-refractivity contribution in [2.45, 2.75) is 65.6 Å². The third-order valence-corrected chi connectivity index (χ3v) is 3.76. The molecule has 1 heterocycles. The summed E-state index contributed by atoms with van der Waals surface area (Å²) in [4.78, 5) is 12.1. The van der Waals surface area contributed by atoms with Gasteiger partial charge in [0.15, 0.2) is 0 Å². The molecule has 1 amide bonds. The number of nitrogens with one attached hydrogen (secondary N) is 1. The molecular formula is C16H27N3O. The zero-order chi connectivity index (χ0) is 15.1. The van der Waals surface area contributed by atoms with Gasteiger partial charge >= 0.3 is 0 Å². The zero-order valence-electron chi connectivity index (χ0n) is 13.3. The normalized spacial score (nSPS) is 21.4. The molecule has 1 aromatic heterocycles. The van der Waals surface area contributed by atoms with Crippen LogP contribution in [0, 0.1) is 5.41 Å². The van der Waals surface area contributed by atoms with Crippen LogP contribution in [0.25, 0.3) is 0 Å². The maximum absolute atomic E-state index is 12.1. The molecule has 0 saturated carbocycles. The van der Waals surface area contributed by atoms with Crippen LogP contribution in [0.1, 0.15) is 58.3 Å². The molecule has 1 atom stereocenters. The molecule has 0 fully saturated rings. The first-order valence-corrected chi connectivity index (χ1v) is 7.32. The van der Waals surface area contributed by atoms with Crippen molar-refractivity contribution in [1.82, 2.24) is 9.88 Å². The Morgan fingerprint density at radius 1 is 1.50 bits per heavy atom. The number of hydrogen-bond acceptors (Lipinski definition) is 2. The molecule has 20 heavy (non-hydrogen) atoms. The molecule has 4 nitrogen and oxygen atoms in total. The van der Waals surface area contributed by atoms with Crippen molar-refractivity contribution in [1.29, 1.82) is 0 Å². The van der Waals surface area contributed by atoms with Gasteiger partial charge in [0, 0.05) is 23.5 Å². The van der Waals surface area contributed by atoms with Gasteiger partial charge in [-0.3, -0.25) is 4.79 Å². The van der Waals surface area contributed by atoms with Crippen LogP contribution in [0.2, 0.25) is 0 Å². The van der Waals surface area contributed by atoms with Crippen LogP contribution in [0.4, 0.5) is 0 Å². The van der Waals surface area contributed by atoms with E-state index >= 15 is 0 Å². The standard InChI is InChI=1S/C16H27N3O/c1-15(2,3)18-14(20)10-19-7-6-11-12(17)8-16(4,5)9-13(11)19/h6-7,12H,8-10,17H2,1-5H3,(H,18,20). The summed E-state index contributed by atoms with van der Waals surface area (Å²) in [6, 6.07) is 2.15. The quantitative estimate of drug-likeness (QED) is 0.872. The summed E-state index contributed by atoms with van der Waals surface area (Å²) in [5.41, 5.74) is 8.68. The highest BCUT2D eigenvalue weighted by atomic mass is 16.2. The van der Waals surface area contributed by atoms with Crippen molar-refractivity contribution < 1.29 is 4.79 Å². The van der Waals surface area contributed by atoms with Gasteiger partial charge in [-0.15, -0.1) is 0 Å². The molecule has 0 bridgehead atoms. The molecular weight excluding hydrogens is 250 g/mol. The van der Waals surface area contributed by atoms with Crippen LogP contribution in [0.5, 0.6) is 0 Å². The van der Waals surface area contributed by atoms with E-state index in [-0.39, 0.29) is 22.9 Å². The lowest BCUT2D eigenvalue weighted by atomic mass is 9.74. The third kappa shape index (κ3) is 3.42. The first-order chi connectivity index (χ1) is 9.07. The van der Waals surface area contributed by atoms with Gasteiger partial charge in [-0.1, -0.05) is 13.8 Å². The molecule has 112 valence electrons. The van der Waals surface area contributed by atoms with E-state index in [0.717, 1.165) is 12.8 Å². The Bertz CT molecular complexity index is 508. The van der Waals surface area contributed by atoms with Gasteiger partial charge in [0.05, 0.1) is 0 Å². The van der Waals surface area contributed by atoms with E-state index in [0.29, 0.717) is 6.54 Å². The summed E-state index contributed by atoms with van der Waals surface area (Å²) in [5, 5.41) is 3.01. The van der Waals surface area contributed by atoms with Crippen molar-refractivity contribution in [2.75, 3.05) is 0 Å². The van der Waals surface area contributed by atoms with E-state index in [1.807, 2.05) is 27.0 Å². The van der Waals surface area contributed by atoms with Gasteiger partial charge in [-0.2, -0.15) is 0 Å². The molecule has 1 aliphatic carbocycles. The zero-order valence-corrected chi connectivity index (χ0v) is 13.3. The van der Waals surface area contributed by atoms with Crippen molar-refractivity contribution in [3.8, 4) is 0 Å². The monoisotopic (exact) mass is 277 g/mol. The van der Waals surface area contributed by atoms with E-state index < -0.39 is 0 Å². The molecule has 0 aromatic carbocycles. The number of nitrogens with two attached hydrogens (primary N) is 1. The second-order valence-corrected chi connectivity index (χ2v) is 7.80. The fraction of sp³-hybridized carbons (Fsp3) is 0.688. The van der Waals surface area contributed by atoms with E-state index in [4.69, 9.17) is 5.73 Å². The van der Waals surface area contributed by atoms with Crippen LogP contribution in [0.3, 0.4) is 0 Å². The average Bonchev–Trinajstić information content (AvgIpc) is 2.56. The SMILES string of the molecule is CC1(C)Cc2c(ccn2CC(=O)NC(C)(C)C)C(N)C1. The number of amides is 1. The fourth-order valence-electron chi connectivity index (χ4n) is 3.05. The Morgan fingerprint density at radius 2 is 2.15 bits per heavy atom. The first kappa shape index (κ1) is 15.1. The summed E-state index contributed by atoms with van der Waals surface area (Å²) in [6.45, 7) is 10.8. The summed E-state index contributed by atoms with van der Waals surface area (Å²) < 4.78 is 2.05. The van der Waals surface area contributed by atoms with Crippen LogP contribution in [-0.4, -0.2) is 16.0 Å². The number of hydrogen-bond donors (Lipinski definition) is 2.